The van der Waals surface area contributed by atoms with Crippen LogP contribution in [0.5, 0.6) is 5.75 Å². The number of pyridine rings is 1. The molecule has 0 amide bonds. The largest absolute Gasteiger partial charge is 0.481 e. The first-order valence-electron chi connectivity index (χ1n) is 6.14. The van der Waals surface area contributed by atoms with Crippen LogP contribution in [0.3, 0.4) is 0 Å². The summed E-state index contributed by atoms with van der Waals surface area (Å²) in [4.78, 5) is 12.0. The van der Waals surface area contributed by atoms with Crippen LogP contribution in [0, 0.1) is 21.5 Å². The van der Waals surface area contributed by atoms with Crippen LogP contribution >= 0.6 is 38.5 Å². The second-order valence-corrected chi connectivity index (χ2v) is 6.22. The minimum Gasteiger partial charge on any atom is -0.481 e. The first-order chi connectivity index (χ1) is 10.0. The van der Waals surface area contributed by atoms with Gasteiger partial charge in [-0.15, -0.1) is 34.6 Å². The second-order valence-electron chi connectivity index (χ2n) is 4.21. The maximum absolute atomic E-state index is 12.0. The van der Waals surface area contributed by atoms with Crippen LogP contribution in [0.25, 0.3) is 11.3 Å². The zero-order valence-corrected chi connectivity index (χ0v) is 18.7. The molecule has 22 heavy (non-hydrogen) atoms. The van der Waals surface area contributed by atoms with Crippen LogP contribution in [-0.2, 0) is 39.8 Å². The summed E-state index contributed by atoms with van der Waals surface area (Å²) >= 11 is 5.53. The Morgan fingerprint density at radius 2 is 2.18 bits per heavy atom. The van der Waals surface area contributed by atoms with E-state index >= 15 is 0 Å². The van der Waals surface area contributed by atoms with Crippen molar-refractivity contribution >= 4 is 38.5 Å². The summed E-state index contributed by atoms with van der Waals surface area (Å²) in [6, 6.07) is 10.5. The topological polar surface area (TPSA) is 31.2 Å². The second kappa shape index (κ2) is 9.22. The molecule has 0 unspecified atom stereocenters. The third-order valence-electron chi connectivity index (χ3n) is 2.86. The molecule has 6 heteroatoms. The Morgan fingerprint density at radius 1 is 1.45 bits per heavy atom. The SMILES string of the molecule is CC#CCOc1ccc(-c2[c-]cc(I)c(=O)n2C)c(Br)c1.[Y]. The molecule has 1 heterocycles. The molecule has 0 fully saturated rings. The Balaban J connectivity index is 0.00000242. The minimum absolute atomic E-state index is 0. The Hall–Kier alpha value is -0.156. The molecule has 2 rings (SSSR count). The van der Waals surface area contributed by atoms with Crippen molar-refractivity contribution in [3.8, 4) is 28.8 Å². The summed E-state index contributed by atoms with van der Waals surface area (Å²) < 4.78 is 8.59. The van der Waals surface area contributed by atoms with Gasteiger partial charge in [0.05, 0.1) is 0 Å². The van der Waals surface area contributed by atoms with E-state index in [1.54, 1.807) is 24.6 Å². The van der Waals surface area contributed by atoms with E-state index < -0.39 is 0 Å². The molecule has 111 valence electrons. The maximum atomic E-state index is 12.0. The molecule has 1 radical (unpaired) electrons. The number of benzene rings is 1. The molecule has 0 atom stereocenters. The molecular formula is C16H12BrINO2Y-. The first kappa shape index (κ1) is 19.9. The molecule has 0 saturated carbocycles. The predicted octanol–water partition coefficient (Wildman–Crippen LogP) is 3.62. The van der Waals surface area contributed by atoms with Gasteiger partial charge in [0.2, 0.25) is 5.56 Å². The van der Waals surface area contributed by atoms with E-state index in [1.165, 1.54) is 0 Å². The van der Waals surface area contributed by atoms with Gasteiger partial charge in [0.25, 0.3) is 0 Å². The quantitative estimate of drug-likeness (QED) is 0.335. The van der Waals surface area contributed by atoms with Gasteiger partial charge in [-0.3, -0.25) is 4.79 Å². The number of aromatic nitrogens is 1. The average molecular weight is 546 g/mol. The molecular weight excluding hydrogens is 534 g/mol. The van der Waals surface area contributed by atoms with Crippen molar-refractivity contribution in [3.05, 3.63) is 48.7 Å². The van der Waals surface area contributed by atoms with Crippen LogP contribution in [-0.4, -0.2) is 11.2 Å². The van der Waals surface area contributed by atoms with Gasteiger partial charge in [0.15, 0.2) is 0 Å². The van der Waals surface area contributed by atoms with Crippen LogP contribution in [0.4, 0.5) is 0 Å². The number of nitrogens with zero attached hydrogens (tertiary/aromatic N) is 1. The fourth-order valence-corrected chi connectivity index (χ4v) is 2.84. The van der Waals surface area contributed by atoms with E-state index in [-0.39, 0.29) is 38.3 Å². The van der Waals surface area contributed by atoms with Gasteiger partial charge in [-0.1, -0.05) is 33.1 Å². The van der Waals surface area contributed by atoms with Crippen LogP contribution in [0.2, 0.25) is 0 Å². The van der Waals surface area contributed by atoms with E-state index in [2.05, 4.69) is 33.8 Å². The molecule has 1 aromatic carbocycles. The van der Waals surface area contributed by atoms with Gasteiger partial charge >= 0.3 is 0 Å². The normalized spacial score (nSPS) is 9.45. The van der Waals surface area contributed by atoms with Crippen LogP contribution < -0.4 is 10.3 Å². The summed E-state index contributed by atoms with van der Waals surface area (Å²) in [6.45, 7) is 2.13. The van der Waals surface area contributed by atoms with Crippen LogP contribution in [0.1, 0.15) is 6.92 Å². The van der Waals surface area contributed by atoms with Crippen molar-refractivity contribution in [2.24, 2.45) is 7.05 Å². The summed E-state index contributed by atoms with van der Waals surface area (Å²) in [7, 11) is 1.74. The van der Waals surface area contributed by atoms with Gasteiger partial charge in [-0.25, -0.2) is 0 Å². The Kier molecular flexibility index (Phi) is 8.33. The van der Waals surface area contributed by atoms with E-state index in [9.17, 15) is 4.79 Å². The number of ether oxygens (including phenoxy) is 1. The van der Waals surface area contributed by atoms with Crippen LogP contribution in [0.15, 0.2) is 33.5 Å². The van der Waals surface area contributed by atoms with Crippen molar-refractivity contribution in [3.63, 3.8) is 0 Å². The Bertz CT molecular complexity index is 793. The molecule has 0 aliphatic carbocycles. The van der Waals surface area contributed by atoms with Gasteiger partial charge in [0, 0.05) is 39.8 Å². The van der Waals surface area contributed by atoms with Gasteiger partial charge in [-0.2, -0.15) is 12.1 Å². The minimum atomic E-state index is -0.0326. The fraction of sp³-hybridized carbons (Fsp3) is 0.188. The molecule has 3 nitrogen and oxygen atoms in total. The smallest absolute Gasteiger partial charge is 0.207 e. The molecule has 0 aliphatic heterocycles. The van der Waals surface area contributed by atoms with E-state index in [1.807, 2.05) is 40.8 Å². The molecule has 0 spiro atoms. The van der Waals surface area contributed by atoms with Crippen molar-refractivity contribution in [1.82, 2.24) is 4.57 Å². The van der Waals surface area contributed by atoms with Crippen molar-refractivity contribution in [2.75, 3.05) is 6.61 Å². The zero-order valence-electron chi connectivity index (χ0n) is 12.1. The number of hydrogen-bond acceptors (Lipinski definition) is 2. The monoisotopic (exact) mass is 545 g/mol. The Morgan fingerprint density at radius 3 is 2.82 bits per heavy atom. The van der Waals surface area contributed by atoms with E-state index in [4.69, 9.17) is 4.74 Å². The molecule has 0 N–H and O–H groups in total. The summed E-state index contributed by atoms with van der Waals surface area (Å²) in [5.41, 5.74) is 1.59. The van der Waals surface area contributed by atoms with E-state index in [0.29, 0.717) is 10.2 Å². The number of rotatable bonds is 3. The summed E-state index contributed by atoms with van der Waals surface area (Å²) in [5.74, 6) is 6.35. The molecule has 0 aliphatic rings. The predicted molar refractivity (Wildman–Crippen MR) is 95.3 cm³/mol. The summed E-state index contributed by atoms with van der Waals surface area (Å²) in [5, 5.41) is 0. The molecule has 0 saturated heterocycles. The molecule has 0 bridgehead atoms. The zero-order chi connectivity index (χ0) is 15.4. The third-order valence-corrected chi connectivity index (χ3v) is 4.29. The van der Waals surface area contributed by atoms with Crippen molar-refractivity contribution in [1.29, 1.82) is 0 Å². The van der Waals surface area contributed by atoms with Gasteiger partial charge in [0.1, 0.15) is 12.4 Å². The number of hydrogen-bond donors (Lipinski definition) is 0. The van der Waals surface area contributed by atoms with Gasteiger partial charge in [-0.05, 0) is 27.1 Å². The summed E-state index contributed by atoms with van der Waals surface area (Å²) in [6.07, 6.45) is 0. The average Bonchev–Trinajstić information content (AvgIpc) is 2.46. The van der Waals surface area contributed by atoms with Gasteiger partial charge < -0.3 is 9.30 Å². The first-order valence-corrected chi connectivity index (χ1v) is 8.01. The maximum Gasteiger partial charge on any atom is 0.207 e. The van der Waals surface area contributed by atoms with Crippen molar-refractivity contribution in [2.45, 2.75) is 6.92 Å². The standard InChI is InChI=1S/C16H12BrINO2.Y/c1-3-4-9-21-11-5-6-12(13(17)10-11)15-8-7-14(18)16(20)19(15)2;/h5-7,10H,9H2,1-2H3;/q-1;. The fourth-order valence-electron chi connectivity index (χ4n) is 1.78. The van der Waals surface area contributed by atoms with Crippen molar-refractivity contribution < 1.29 is 37.4 Å². The third kappa shape index (κ3) is 4.67. The van der Waals surface area contributed by atoms with E-state index in [0.717, 1.165) is 21.5 Å². The molecule has 1 aromatic heterocycles. The Labute approximate surface area is 177 Å². The molecule has 2 aromatic rings. The number of halogens is 2.